The first-order chi connectivity index (χ1) is 9.20. The van der Waals surface area contributed by atoms with Gasteiger partial charge in [0.2, 0.25) is 0 Å². The third-order valence-electron chi connectivity index (χ3n) is 3.69. The first kappa shape index (κ1) is 14.8. The van der Waals surface area contributed by atoms with Crippen molar-refractivity contribution in [1.29, 1.82) is 0 Å². The van der Waals surface area contributed by atoms with E-state index in [4.69, 9.17) is 0 Å². The highest BCUT2D eigenvalue weighted by Crippen LogP contribution is 2.31. The van der Waals surface area contributed by atoms with E-state index in [1.165, 1.54) is 47.7 Å². The van der Waals surface area contributed by atoms with Crippen molar-refractivity contribution in [1.82, 2.24) is 5.32 Å². The molecule has 19 heavy (non-hydrogen) atoms. The summed E-state index contributed by atoms with van der Waals surface area (Å²) in [5.74, 6) is 0. The van der Waals surface area contributed by atoms with Crippen molar-refractivity contribution >= 4 is 15.9 Å². The van der Waals surface area contributed by atoms with Gasteiger partial charge >= 0.3 is 0 Å². The van der Waals surface area contributed by atoms with Gasteiger partial charge in [-0.15, -0.1) is 0 Å². The maximum atomic E-state index is 3.72. The van der Waals surface area contributed by atoms with Crippen molar-refractivity contribution in [3.8, 4) is 0 Å². The molecule has 1 aliphatic rings. The van der Waals surface area contributed by atoms with Crippen molar-refractivity contribution in [2.45, 2.75) is 52.0 Å². The minimum Gasteiger partial charge on any atom is -0.307 e. The number of hydrogen-bond donors (Lipinski definition) is 1. The molecule has 0 saturated carbocycles. The van der Waals surface area contributed by atoms with Crippen LogP contribution in [0.5, 0.6) is 0 Å². The second kappa shape index (κ2) is 7.25. The van der Waals surface area contributed by atoms with E-state index in [-0.39, 0.29) is 0 Å². The molecule has 2 rings (SSSR count). The molecule has 0 aromatic heterocycles. The van der Waals surface area contributed by atoms with E-state index in [0.29, 0.717) is 6.04 Å². The quantitative estimate of drug-likeness (QED) is 0.726. The molecular weight excluding hydrogens is 298 g/mol. The normalized spacial score (nSPS) is 17.1. The Morgan fingerprint density at radius 1 is 1.26 bits per heavy atom. The standard InChI is InChI=1S/C17H24BrN/c1-3-9-19-17(14-7-5-4-6-8-14)15-10-13(2)11-16(18)12-15/h7,10-12,17,19H,3-6,8-9H2,1-2H3. The Morgan fingerprint density at radius 2 is 2.11 bits per heavy atom. The van der Waals surface area contributed by atoms with Gasteiger partial charge in [-0.3, -0.25) is 0 Å². The van der Waals surface area contributed by atoms with E-state index in [1.54, 1.807) is 5.57 Å². The molecule has 1 N–H and O–H groups in total. The molecule has 0 amide bonds. The van der Waals surface area contributed by atoms with Crippen molar-refractivity contribution in [2.75, 3.05) is 6.54 Å². The Bertz CT molecular complexity index is 430. The molecule has 1 aliphatic carbocycles. The Labute approximate surface area is 125 Å². The highest BCUT2D eigenvalue weighted by Gasteiger charge is 2.18. The maximum absolute atomic E-state index is 3.72. The Kier molecular flexibility index (Phi) is 5.65. The molecule has 1 atom stereocenters. The summed E-state index contributed by atoms with van der Waals surface area (Å²) in [6.45, 7) is 5.47. The average Bonchev–Trinajstić information content (AvgIpc) is 2.39. The lowest BCUT2D eigenvalue weighted by Gasteiger charge is -2.25. The fraction of sp³-hybridized carbons (Fsp3) is 0.529. The summed E-state index contributed by atoms with van der Waals surface area (Å²) in [5.41, 5.74) is 4.30. The van der Waals surface area contributed by atoms with Crippen molar-refractivity contribution in [2.24, 2.45) is 0 Å². The van der Waals surface area contributed by atoms with Crippen LogP contribution in [-0.2, 0) is 0 Å². The lowest BCUT2D eigenvalue weighted by Crippen LogP contribution is -2.24. The largest absolute Gasteiger partial charge is 0.307 e. The summed E-state index contributed by atoms with van der Waals surface area (Å²) in [6.07, 6.45) is 8.80. The maximum Gasteiger partial charge on any atom is 0.0536 e. The zero-order valence-corrected chi connectivity index (χ0v) is 13.6. The van der Waals surface area contributed by atoms with Crippen LogP contribution in [0.15, 0.2) is 34.3 Å². The van der Waals surface area contributed by atoms with Crippen LogP contribution in [0.1, 0.15) is 56.2 Å². The molecule has 1 aromatic carbocycles. The highest BCUT2D eigenvalue weighted by molar-refractivity contribution is 9.10. The topological polar surface area (TPSA) is 12.0 Å². The van der Waals surface area contributed by atoms with Crippen LogP contribution >= 0.6 is 15.9 Å². The monoisotopic (exact) mass is 321 g/mol. The van der Waals surface area contributed by atoms with Gasteiger partial charge < -0.3 is 5.32 Å². The van der Waals surface area contributed by atoms with Crippen LogP contribution in [0, 0.1) is 6.92 Å². The summed E-state index contributed by atoms with van der Waals surface area (Å²) >= 11 is 3.63. The molecule has 0 heterocycles. The summed E-state index contributed by atoms with van der Waals surface area (Å²) in [4.78, 5) is 0. The van der Waals surface area contributed by atoms with Crippen LogP contribution in [0.25, 0.3) is 0 Å². The average molecular weight is 322 g/mol. The molecule has 104 valence electrons. The number of rotatable bonds is 5. The molecule has 0 aliphatic heterocycles. The molecule has 1 nitrogen and oxygen atoms in total. The summed E-state index contributed by atoms with van der Waals surface area (Å²) < 4.78 is 1.18. The first-order valence-electron chi connectivity index (χ1n) is 7.40. The van der Waals surface area contributed by atoms with Gasteiger partial charge in [-0.2, -0.15) is 0 Å². The van der Waals surface area contributed by atoms with Crippen LogP contribution < -0.4 is 5.32 Å². The Balaban J connectivity index is 2.27. The summed E-state index contributed by atoms with van der Waals surface area (Å²) in [7, 11) is 0. The molecule has 1 aromatic rings. The third-order valence-corrected chi connectivity index (χ3v) is 4.15. The summed E-state index contributed by atoms with van der Waals surface area (Å²) in [5, 5.41) is 3.72. The third kappa shape index (κ3) is 4.19. The van der Waals surface area contributed by atoms with Crippen LogP contribution in [0.2, 0.25) is 0 Å². The van der Waals surface area contributed by atoms with E-state index in [2.05, 4.69) is 59.4 Å². The van der Waals surface area contributed by atoms with Crippen molar-refractivity contribution in [3.63, 3.8) is 0 Å². The van der Waals surface area contributed by atoms with Gasteiger partial charge in [0.1, 0.15) is 0 Å². The second-order valence-electron chi connectivity index (χ2n) is 5.47. The van der Waals surface area contributed by atoms with Gasteiger partial charge in [0.05, 0.1) is 6.04 Å². The molecule has 0 bridgehead atoms. The molecule has 0 radical (unpaired) electrons. The smallest absolute Gasteiger partial charge is 0.0536 e. The van der Waals surface area contributed by atoms with E-state index >= 15 is 0 Å². The van der Waals surface area contributed by atoms with E-state index in [9.17, 15) is 0 Å². The zero-order chi connectivity index (χ0) is 13.7. The number of benzene rings is 1. The predicted molar refractivity (Wildman–Crippen MR) is 86.5 cm³/mol. The van der Waals surface area contributed by atoms with Gasteiger partial charge in [-0.05, 0) is 68.8 Å². The summed E-state index contributed by atoms with van der Waals surface area (Å²) in [6, 6.07) is 7.15. The van der Waals surface area contributed by atoms with E-state index in [1.807, 2.05) is 0 Å². The SMILES string of the molecule is CCCNC(C1=CCCCC1)c1cc(C)cc(Br)c1. The molecule has 0 spiro atoms. The molecule has 0 fully saturated rings. The molecular formula is C17H24BrN. The minimum atomic E-state index is 0.399. The number of halogens is 1. The lowest BCUT2D eigenvalue weighted by atomic mass is 9.89. The van der Waals surface area contributed by atoms with Crippen LogP contribution in [-0.4, -0.2) is 6.54 Å². The van der Waals surface area contributed by atoms with Gasteiger partial charge in [0.15, 0.2) is 0 Å². The van der Waals surface area contributed by atoms with Gasteiger partial charge in [-0.1, -0.05) is 40.6 Å². The van der Waals surface area contributed by atoms with Crippen LogP contribution in [0.3, 0.4) is 0 Å². The number of aryl methyl sites for hydroxylation is 1. The van der Waals surface area contributed by atoms with Crippen molar-refractivity contribution < 1.29 is 0 Å². The predicted octanol–water partition coefficient (Wildman–Crippen LogP) is 5.30. The number of hydrogen-bond acceptors (Lipinski definition) is 1. The Morgan fingerprint density at radius 3 is 2.74 bits per heavy atom. The van der Waals surface area contributed by atoms with Gasteiger partial charge in [0, 0.05) is 4.47 Å². The minimum absolute atomic E-state index is 0.399. The van der Waals surface area contributed by atoms with E-state index in [0.717, 1.165) is 6.54 Å². The second-order valence-corrected chi connectivity index (χ2v) is 6.39. The number of allylic oxidation sites excluding steroid dienone is 1. The van der Waals surface area contributed by atoms with Gasteiger partial charge in [-0.25, -0.2) is 0 Å². The zero-order valence-electron chi connectivity index (χ0n) is 12.0. The fourth-order valence-corrected chi connectivity index (χ4v) is 3.43. The lowest BCUT2D eigenvalue weighted by molar-refractivity contribution is 0.546. The van der Waals surface area contributed by atoms with E-state index < -0.39 is 0 Å². The molecule has 0 saturated heterocycles. The fourth-order valence-electron chi connectivity index (χ4n) is 2.81. The first-order valence-corrected chi connectivity index (χ1v) is 8.19. The number of nitrogens with one attached hydrogen (secondary N) is 1. The molecule has 1 unspecified atom stereocenters. The highest BCUT2D eigenvalue weighted by atomic mass is 79.9. The Hall–Kier alpha value is -0.600. The van der Waals surface area contributed by atoms with Crippen LogP contribution in [0.4, 0.5) is 0 Å². The van der Waals surface area contributed by atoms with Gasteiger partial charge in [0.25, 0.3) is 0 Å². The molecule has 2 heteroatoms. The van der Waals surface area contributed by atoms with Crippen molar-refractivity contribution in [3.05, 3.63) is 45.4 Å².